The highest BCUT2D eigenvalue weighted by molar-refractivity contribution is 5.31. The van der Waals surface area contributed by atoms with E-state index in [0.717, 1.165) is 18.3 Å². The Morgan fingerprint density at radius 3 is 2.30 bits per heavy atom. The topological polar surface area (TPSA) is 60.0 Å². The molecule has 130 valence electrons. The minimum absolute atomic E-state index is 0.229. The van der Waals surface area contributed by atoms with Crippen molar-refractivity contribution in [3.8, 4) is 11.5 Å². The number of hydrogen-bond acceptors (Lipinski definition) is 5. The Labute approximate surface area is 138 Å². The maximum Gasteiger partial charge on any atom is 0.176 e. The first-order valence-corrected chi connectivity index (χ1v) is 8.46. The molecule has 23 heavy (non-hydrogen) atoms. The van der Waals surface area contributed by atoms with Crippen molar-refractivity contribution in [3.05, 3.63) is 24.3 Å². The third kappa shape index (κ3) is 7.20. The molecule has 0 amide bonds. The van der Waals surface area contributed by atoms with Crippen LogP contribution < -0.4 is 14.8 Å². The fourth-order valence-corrected chi connectivity index (χ4v) is 2.11. The number of aliphatic hydroxyl groups excluding tert-OH is 1. The van der Waals surface area contributed by atoms with Gasteiger partial charge in [-0.25, -0.2) is 0 Å². The van der Waals surface area contributed by atoms with Crippen LogP contribution in [0.1, 0.15) is 33.6 Å². The molecule has 1 fully saturated rings. The summed E-state index contributed by atoms with van der Waals surface area (Å²) in [5, 5.41) is 12.9. The van der Waals surface area contributed by atoms with E-state index in [0.29, 0.717) is 19.0 Å². The van der Waals surface area contributed by atoms with Crippen LogP contribution in [0.2, 0.25) is 0 Å². The number of ether oxygens (including phenoxy) is 3. The number of nitrogens with one attached hydrogen (secondary N) is 1. The smallest absolute Gasteiger partial charge is 0.176 e. The summed E-state index contributed by atoms with van der Waals surface area (Å²) < 4.78 is 16.9. The predicted molar refractivity (Wildman–Crippen MR) is 89.8 cm³/mol. The van der Waals surface area contributed by atoms with E-state index in [9.17, 15) is 5.11 Å². The number of benzene rings is 1. The summed E-state index contributed by atoms with van der Waals surface area (Å²) in [4.78, 5) is 0. The van der Waals surface area contributed by atoms with Crippen LogP contribution in [0.25, 0.3) is 0 Å². The van der Waals surface area contributed by atoms with E-state index in [4.69, 9.17) is 14.2 Å². The third-order valence-electron chi connectivity index (χ3n) is 3.57. The van der Waals surface area contributed by atoms with E-state index in [-0.39, 0.29) is 6.04 Å². The zero-order chi connectivity index (χ0) is 16.7. The molecule has 0 bridgehead atoms. The van der Waals surface area contributed by atoms with Crippen molar-refractivity contribution in [2.24, 2.45) is 5.92 Å². The first-order valence-electron chi connectivity index (χ1n) is 8.46. The van der Waals surface area contributed by atoms with Crippen LogP contribution >= 0.6 is 0 Å². The van der Waals surface area contributed by atoms with Gasteiger partial charge in [0.25, 0.3) is 0 Å². The zero-order valence-electron chi connectivity index (χ0n) is 14.3. The van der Waals surface area contributed by atoms with Gasteiger partial charge in [0.2, 0.25) is 0 Å². The van der Waals surface area contributed by atoms with Crippen LogP contribution in [0.5, 0.6) is 11.5 Å². The maximum absolute atomic E-state index is 9.76. The highest BCUT2D eigenvalue weighted by atomic mass is 16.5. The molecule has 0 radical (unpaired) electrons. The molecule has 0 heterocycles. The van der Waals surface area contributed by atoms with Gasteiger partial charge in [-0.2, -0.15) is 0 Å². The van der Waals surface area contributed by atoms with Gasteiger partial charge in [0.05, 0.1) is 6.61 Å². The first-order chi connectivity index (χ1) is 11.0. The number of rotatable bonds is 11. The SMILES string of the molecule is CC(C)NC(Oc1ccc(OCCOCC2CC2)cc1)C(C)O. The molecule has 2 N–H and O–H groups in total. The molecule has 5 heteroatoms. The summed E-state index contributed by atoms with van der Waals surface area (Å²) in [6.45, 7) is 7.77. The van der Waals surface area contributed by atoms with E-state index in [1.165, 1.54) is 12.8 Å². The second-order valence-corrected chi connectivity index (χ2v) is 6.44. The molecule has 1 saturated carbocycles. The van der Waals surface area contributed by atoms with E-state index < -0.39 is 12.3 Å². The summed E-state index contributed by atoms with van der Waals surface area (Å²) in [6.07, 6.45) is 1.58. The molecule has 0 aromatic heterocycles. The Bertz CT molecular complexity index is 443. The van der Waals surface area contributed by atoms with Crippen LogP contribution in [0.15, 0.2) is 24.3 Å². The normalized spacial score (nSPS) is 17.1. The molecular formula is C18H29NO4. The van der Waals surface area contributed by atoms with E-state index in [1.807, 2.05) is 38.1 Å². The minimum atomic E-state index is -0.600. The average Bonchev–Trinajstić information content (AvgIpc) is 3.31. The monoisotopic (exact) mass is 323 g/mol. The van der Waals surface area contributed by atoms with Crippen molar-refractivity contribution in [3.63, 3.8) is 0 Å². The second kappa shape index (κ2) is 9.11. The van der Waals surface area contributed by atoms with Crippen LogP contribution in [0, 0.1) is 5.92 Å². The van der Waals surface area contributed by atoms with Crippen LogP contribution in [0.4, 0.5) is 0 Å². The highest BCUT2D eigenvalue weighted by Crippen LogP contribution is 2.28. The fourth-order valence-electron chi connectivity index (χ4n) is 2.11. The van der Waals surface area contributed by atoms with E-state index in [1.54, 1.807) is 6.92 Å². The summed E-state index contributed by atoms with van der Waals surface area (Å²) in [5.74, 6) is 2.27. The molecule has 1 aromatic carbocycles. The van der Waals surface area contributed by atoms with Crippen LogP contribution in [0.3, 0.4) is 0 Å². The molecule has 0 saturated heterocycles. The van der Waals surface area contributed by atoms with Gasteiger partial charge in [-0.3, -0.25) is 5.32 Å². The van der Waals surface area contributed by atoms with Crippen molar-refractivity contribution in [1.82, 2.24) is 5.32 Å². The minimum Gasteiger partial charge on any atom is -0.491 e. The fraction of sp³-hybridized carbons (Fsp3) is 0.667. The highest BCUT2D eigenvalue weighted by Gasteiger charge is 2.21. The molecule has 1 aliphatic rings. The van der Waals surface area contributed by atoms with Gasteiger partial charge in [0.15, 0.2) is 6.23 Å². The maximum atomic E-state index is 9.76. The van der Waals surface area contributed by atoms with Crippen LogP contribution in [-0.2, 0) is 4.74 Å². The van der Waals surface area contributed by atoms with Gasteiger partial charge in [0, 0.05) is 12.6 Å². The second-order valence-electron chi connectivity index (χ2n) is 6.44. The molecule has 5 nitrogen and oxygen atoms in total. The van der Waals surface area contributed by atoms with Crippen molar-refractivity contribution in [1.29, 1.82) is 0 Å². The van der Waals surface area contributed by atoms with E-state index in [2.05, 4.69) is 5.32 Å². The van der Waals surface area contributed by atoms with Crippen molar-refractivity contribution in [2.45, 2.75) is 52.0 Å². The predicted octanol–water partition coefficient (Wildman–Crippen LogP) is 2.58. The Balaban J connectivity index is 1.71. The molecule has 2 atom stereocenters. The first kappa shape index (κ1) is 18.0. The number of hydrogen-bond donors (Lipinski definition) is 2. The number of aliphatic hydroxyl groups is 1. The zero-order valence-corrected chi connectivity index (χ0v) is 14.3. The molecule has 2 unspecified atom stereocenters. The summed E-state index contributed by atoms with van der Waals surface area (Å²) in [6, 6.07) is 7.65. The third-order valence-corrected chi connectivity index (χ3v) is 3.57. The van der Waals surface area contributed by atoms with Crippen molar-refractivity contribution in [2.75, 3.05) is 19.8 Å². The molecule has 0 spiro atoms. The van der Waals surface area contributed by atoms with Gasteiger partial charge in [0.1, 0.15) is 24.2 Å². The lowest BCUT2D eigenvalue weighted by molar-refractivity contribution is 0.0218. The van der Waals surface area contributed by atoms with Crippen molar-refractivity contribution >= 4 is 0 Å². The summed E-state index contributed by atoms with van der Waals surface area (Å²) >= 11 is 0. The average molecular weight is 323 g/mol. The van der Waals surface area contributed by atoms with Gasteiger partial charge < -0.3 is 19.3 Å². The van der Waals surface area contributed by atoms with Gasteiger partial charge >= 0.3 is 0 Å². The molecule has 0 aliphatic heterocycles. The molecule has 2 rings (SSSR count). The quantitative estimate of drug-likeness (QED) is 0.484. The lowest BCUT2D eigenvalue weighted by Gasteiger charge is -2.25. The van der Waals surface area contributed by atoms with Gasteiger partial charge in [-0.1, -0.05) is 0 Å². The summed E-state index contributed by atoms with van der Waals surface area (Å²) in [5.41, 5.74) is 0. The standard InChI is InChI=1S/C18H29NO4/c1-13(2)19-18(14(3)20)23-17-8-6-16(7-9-17)22-11-10-21-12-15-4-5-15/h6-9,13-15,18-20H,4-5,10-12H2,1-3H3. The largest absolute Gasteiger partial charge is 0.491 e. The molecular weight excluding hydrogens is 294 g/mol. The van der Waals surface area contributed by atoms with Gasteiger partial charge in [-0.05, 0) is 63.8 Å². The lowest BCUT2D eigenvalue weighted by atomic mass is 10.3. The Hall–Kier alpha value is -1.30. The van der Waals surface area contributed by atoms with E-state index >= 15 is 0 Å². The Kier molecular flexibility index (Phi) is 7.15. The van der Waals surface area contributed by atoms with Gasteiger partial charge in [-0.15, -0.1) is 0 Å². The molecule has 1 aromatic rings. The summed E-state index contributed by atoms with van der Waals surface area (Å²) in [7, 11) is 0. The Morgan fingerprint density at radius 1 is 1.09 bits per heavy atom. The van der Waals surface area contributed by atoms with Crippen LogP contribution in [-0.4, -0.2) is 43.3 Å². The lowest BCUT2D eigenvalue weighted by Crippen LogP contribution is -2.46. The van der Waals surface area contributed by atoms with Crippen molar-refractivity contribution < 1.29 is 19.3 Å². The Morgan fingerprint density at radius 2 is 1.74 bits per heavy atom. The molecule has 1 aliphatic carbocycles.